The Morgan fingerprint density at radius 1 is 1.43 bits per heavy atom. The average Bonchev–Trinajstić information content (AvgIpc) is 3.31. The van der Waals surface area contributed by atoms with Crippen molar-refractivity contribution in [3.05, 3.63) is 47.4 Å². The minimum atomic E-state index is -1.89. The SMILES string of the molecule is N=N/C=C(\CC/N=C\C=C/N)C1CC1C1=CC(F)=C(F)C(F)C1. The van der Waals surface area contributed by atoms with E-state index < -0.39 is 17.8 Å². The molecule has 7 heteroatoms. The van der Waals surface area contributed by atoms with Crippen LogP contribution in [0, 0.1) is 17.4 Å². The molecule has 1 saturated carbocycles. The first-order valence-corrected chi connectivity index (χ1v) is 7.40. The number of alkyl halides is 1. The van der Waals surface area contributed by atoms with E-state index in [9.17, 15) is 13.2 Å². The summed E-state index contributed by atoms with van der Waals surface area (Å²) in [7, 11) is 0. The molecular formula is C16H19F3N4. The van der Waals surface area contributed by atoms with Gasteiger partial charge < -0.3 is 5.73 Å². The van der Waals surface area contributed by atoms with Crippen LogP contribution >= 0.6 is 0 Å². The first-order chi connectivity index (χ1) is 11.1. The van der Waals surface area contributed by atoms with Crippen LogP contribution in [-0.2, 0) is 0 Å². The highest BCUT2D eigenvalue weighted by molar-refractivity contribution is 5.70. The molecule has 3 unspecified atom stereocenters. The predicted molar refractivity (Wildman–Crippen MR) is 83.0 cm³/mol. The van der Waals surface area contributed by atoms with E-state index in [0.717, 1.165) is 18.1 Å². The molecule has 3 atom stereocenters. The van der Waals surface area contributed by atoms with Gasteiger partial charge in [0.25, 0.3) is 0 Å². The molecule has 0 aliphatic heterocycles. The van der Waals surface area contributed by atoms with Crippen LogP contribution in [0.15, 0.2) is 57.5 Å². The first-order valence-electron chi connectivity index (χ1n) is 7.40. The lowest BCUT2D eigenvalue weighted by atomic mass is 9.95. The number of nitrogens with one attached hydrogen (secondary N) is 1. The number of allylic oxidation sites excluding steroid dienone is 5. The van der Waals surface area contributed by atoms with Crippen molar-refractivity contribution in [1.29, 1.82) is 5.53 Å². The van der Waals surface area contributed by atoms with Gasteiger partial charge in [0.1, 0.15) is 0 Å². The van der Waals surface area contributed by atoms with Crippen LogP contribution in [0.5, 0.6) is 0 Å². The lowest BCUT2D eigenvalue weighted by Crippen LogP contribution is -2.10. The van der Waals surface area contributed by atoms with Crippen LogP contribution in [-0.4, -0.2) is 18.9 Å². The zero-order valence-electron chi connectivity index (χ0n) is 12.6. The van der Waals surface area contributed by atoms with E-state index in [-0.39, 0.29) is 18.3 Å². The quantitative estimate of drug-likeness (QED) is 0.532. The molecule has 0 aromatic heterocycles. The van der Waals surface area contributed by atoms with E-state index in [2.05, 4.69) is 10.1 Å². The van der Waals surface area contributed by atoms with Crippen molar-refractivity contribution < 1.29 is 13.2 Å². The van der Waals surface area contributed by atoms with Crippen molar-refractivity contribution >= 4 is 6.21 Å². The third kappa shape index (κ3) is 4.40. The molecule has 0 aromatic rings. The second-order valence-electron chi connectivity index (χ2n) is 5.56. The Labute approximate surface area is 132 Å². The standard InChI is InChI=1S/C16H19F3N4/c17-14-6-11(7-15(18)16(14)19)13-8-12(13)10(9-23-21)2-5-22-4-1-3-20/h1,3-4,6,9,12-13,15,21H,2,5,7-8,20H2/b3-1-,10-9+,22-4-,23-21?. The van der Waals surface area contributed by atoms with E-state index in [0.29, 0.717) is 18.5 Å². The highest BCUT2D eigenvalue weighted by atomic mass is 19.2. The smallest absolute Gasteiger partial charge is 0.170 e. The zero-order valence-corrected chi connectivity index (χ0v) is 12.6. The molecule has 0 spiro atoms. The van der Waals surface area contributed by atoms with Crippen molar-refractivity contribution in [3.8, 4) is 0 Å². The highest BCUT2D eigenvalue weighted by Crippen LogP contribution is 2.52. The summed E-state index contributed by atoms with van der Waals surface area (Å²) < 4.78 is 39.9. The summed E-state index contributed by atoms with van der Waals surface area (Å²) in [4.78, 5) is 4.14. The maximum absolute atomic E-state index is 13.5. The molecule has 0 bridgehead atoms. The normalized spacial score (nSPS) is 28.6. The molecule has 124 valence electrons. The number of hydrogen-bond acceptors (Lipinski definition) is 4. The lowest BCUT2D eigenvalue weighted by molar-refractivity contribution is 0.302. The monoisotopic (exact) mass is 324 g/mol. The molecule has 0 aromatic carbocycles. The summed E-state index contributed by atoms with van der Waals surface area (Å²) in [6.07, 6.45) is 6.48. The van der Waals surface area contributed by atoms with Gasteiger partial charge in [-0.1, -0.05) is 5.57 Å². The molecule has 0 amide bonds. The Hall–Kier alpha value is -2.18. The molecule has 23 heavy (non-hydrogen) atoms. The number of aliphatic imine (C=N–C) groups is 1. The van der Waals surface area contributed by atoms with Crippen LogP contribution in [0.4, 0.5) is 13.2 Å². The van der Waals surface area contributed by atoms with Crippen LogP contribution in [0.2, 0.25) is 0 Å². The Morgan fingerprint density at radius 2 is 2.22 bits per heavy atom. The molecule has 4 nitrogen and oxygen atoms in total. The van der Waals surface area contributed by atoms with Crippen molar-refractivity contribution in [2.75, 3.05) is 6.54 Å². The minimum absolute atomic E-state index is 0.00647. The third-order valence-corrected chi connectivity index (χ3v) is 4.04. The minimum Gasteiger partial charge on any atom is -0.405 e. The molecule has 0 heterocycles. The van der Waals surface area contributed by atoms with Crippen molar-refractivity contribution in [2.24, 2.45) is 27.7 Å². The number of nitrogens with two attached hydrogens (primary N) is 1. The van der Waals surface area contributed by atoms with Gasteiger partial charge in [0.15, 0.2) is 17.8 Å². The summed E-state index contributed by atoms with van der Waals surface area (Å²) in [5, 5.41) is 3.30. The molecule has 0 radical (unpaired) electrons. The van der Waals surface area contributed by atoms with Gasteiger partial charge in [0.2, 0.25) is 0 Å². The van der Waals surface area contributed by atoms with Crippen molar-refractivity contribution in [2.45, 2.75) is 25.4 Å². The van der Waals surface area contributed by atoms with Gasteiger partial charge in [-0.3, -0.25) is 4.99 Å². The van der Waals surface area contributed by atoms with Crippen LogP contribution in [0.3, 0.4) is 0 Å². The topological polar surface area (TPSA) is 74.6 Å². The van der Waals surface area contributed by atoms with Gasteiger partial charge >= 0.3 is 0 Å². The van der Waals surface area contributed by atoms with Crippen molar-refractivity contribution in [1.82, 2.24) is 0 Å². The van der Waals surface area contributed by atoms with Gasteiger partial charge in [-0.2, -0.15) is 5.11 Å². The first kappa shape index (κ1) is 17.2. The summed E-state index contributed by atoms with van der Waals surface area (Å²) in [6.45, 7) is 0.516. The second-order valence-corrected chi connectivity index (χ2v) is 5.56. The Morgan fingerprint density at radius 3 is 2.87 bits per heavy atom. The third-order valence-electron chi connectivity index (χ3n) is 4.04. The van der Waals surface area contributed by atoms with E-state index in [4.69, 9.17) is 11.3 Å². The Balaban J connectivity index is 1.98. The predicted octanol–water partition coefficient (Wildman–Crippen LogP) is 4.29. The fraction of sp³-hybridized carbons (Fsp3) is 0.438. The summed E-state index contributed by atoms with van der Waals surface area (Å²) in [5.41, 5.74) is 13.7. The summed E-state index contributed by atoms with van der Waals surface area (Å²) in [6, 6.07) is 0. The highest BCUT2D eigenvalue weighted by Gasteiger charge is 2.44. The largest absolute Gasteiger partial charge is 0.405 e. The van der Waals surface area contributed by atoms with Crippen molar-refractivity contribution in [3.63, 3.8) is 0 Å². The molecule has 1 fully saturated rings. The van der Waals surface area contributed by atoms with Crippen LogP contribution < -0.4 is 5.73 Å². The molecular weight excluding hydrogens is 305 g/mol. The van der Waals surface area contributed by atoms with E-state index >= 15 is 0 Å². The van der Waals surface area contributed by atoms with Crippen LogP contribution in [0.25, 0.3) is 0 Å². The fourth-order valence-electron chi connectivity index (χ4n) is 2.82. The molecule has 0 saturated heterocycles. The average molecular weight is 324 g/mol. The maximum Gasteiger partial charge on any atom is 0.170 e. The number of halogens is 3. The Kier molecular flexibility index (Phi) is 5.90. The number of rotatable bonds is 7. The van der Waals surface area contributed by atoms with Gasteiger partial charge in [-0.25, -0.2) is 18.7 Å². The van der Waals surface area contributed by atoms with E-state index in [1.54, 1.807) is 12.3 Å². The fourth-order valence-corrected chi connectivity index (χ4v) is 2.82. The number of nitrogens with zero attached hydrogens (tertiary/aromatic N) is 2. The number of hydrogen-bond donors (Lipinski definition) is 2. The lowest BCUT2D eigenvalue weighted by Gasteiger charge is -2.15. The van der Waals surface area contributed by atoms with E-state index in [1.807, 2.05) is 0 Å². The maximum atomic E-state index is 13.5. The molecule has 2 rings (SSSR count). The Bertz CT molecular complexity index is 604. The molecule has 2 aliphatic rings. The molecule has 2 aliphatic carbocycles. The zero-order chi connectivity index (χ0) is 16.8. The van der Waals surface area contributed by atoms with Gasteiger partial charge in [0.05, 0.1) is 0 Å². The second kappa shape index (κ2) is 7.89. The van der Waals surface area contributed by atoms with E-state index in [1.165, 1.54) is 12.4 Å². The summed E-state index contributed by atoms with van der Waals surface area (Å²) >= 11 is 0. The van der Waals surface area contributed by atoms with Gasteiger partial charge in [0, 0.05) is 25.4 Å². The van der Waals surface area contributed by atoms with Crippen LogP contribution in [0.1, 0.15) is 19.3 Å². The van der Waals surface area contributed by atoms with Gasteiger partial charge in [-0.05, 0) is 48.6 Å². The molecule has 3 N–H and O–H groups in total. The van der Waals surface area contributed by atoms with Gasteiger partial charge in [-0.15, -0.1) is 0 Å². The summed E-state index contributed by atoms with van der Waals surface area (Å²) in [5.74, 6) is -2.34.